The number of ether oxygens (including phenoxy) is 1. The van der Waals surface area contributed by atoms with E-state index >= 15 is 0 Å². The van der Waals surface area contributed by atoms with Crippen molar-refractivity contribution in [1.82, 2.24) is 25.8 Å². The van der Waals surface area contributed by atoms with Crippen LogP contribution in [0.5, 0.6) is 5.75 Å². The first kappa shape index (κ1) is 21.9. The molecule has 35 heavy (non-hydrogen) atoms. The van der Waals surface area contributed by atoms with Gasteiger partial charge >= 0.3 is 6.03 Å². The molecule has 10 nitrogen and oxygen atoms in total. The SMILES string of the molecule is COc1ccc2c(c1)C(=O)N(CC1(c3cc4c(o3)C=CCC4N3CCNCC3)NC(=O)NC1=O)C2. The lowest BCUT2D eigenvalue weighted by Gasteiger charge is -2.35. The molecule has 2 atom stereocenters. The van der Waals surface area contributed by atoms with Crippen molar-refractivity contribution in [2.75, 3.05) is 39.8 Å². The molecule has 6 rings (SSSR count). The minimum absolute atomic E-state index is 0.0468. The summed E-state index contributed by atoms with van der Waals surface area (Å²) in [6.07, 6.45) is 4.85. The maximum Gasteiger partial charge on any atom is 0.322 e. The van der Waals surface area contributed by atoms with Crippen LogP contribution in [0.4, 0.5) is 4.79 Å². The molecular formula is C25H27N5O5. The van der Waals surface area contributed by atoms with E-state index in [2.05, 4.69) is 26.9 Å². The number of nitrogens with one attached hydrogen (secondary N) is 3. The molecule has 1 aromatic carbocycles. The first-order valence-corrected chi connectivity index (χ1v) is 11.8. The van der Waals surface area contributed by atoms with E-state index < -0.39 is 17.5 Å². The molecule has 2 unspecified atom stereocenters. The van der Waals surface area contributed by atoms with Gasteiger partial charge in [0.2, 0.25) is 0 Å². The van der Waals surface area contributed by atoms with Crippen molar-refractivity contribution in [2.45, 2.75) is 24.5 Å². The van der Waals surface area contributed by atoms with Crippen LogP contribution >= 0.6 is 0 Å². The average Bonchev–Trinajstić information content (AvgIpc) is 3.53. The van der Waals surface area contributed by atoms with Crippen molar-refractivity contribution in [3.05, 3.63) is 58.6 Å². The summed E-state index contributed by atoms with van der Waals surface area (Å²) < 4.78 is 11.5. The van der Waals surface area contributed by atoms with Gasteiger partial charge in [0.25, 0.3) is 11.8 Å². The summed E-state index contributed by atoms with van der Waals surface area (Å²) in [4.78, 5) is 42.8. The molecule has 0 radical (unpaired) electrons. The molecule has 0 saturated carbocycles. The standard InChI is InChI=1S/C25H27N5O5/c1-34-16-6-5-15-13-30(22(31)17(15)11-16)14-25(23(32)27-24(33)28-25)21-12-18-19(3-2-4-20(18)35-21)29-9-7-26-8-10-29/h2,4-6,11-12,19,26H,3,7-10,13-14H2,1H3,(H2,27,28,32,33). The number of carbonyl (C=O) groups is 3. The zero-order chi connectivity index (χ0) is 24.2. The van der Waals surface area contributed by atoms with E-state index in [-0.39, 0.29) is 18.5 Å². The number of methoxy groups -OCH3 is 1. The van der Waals surface area contributed by atoms with Gasteiger partial charge in [-0.15, -0.1) is 0 Å². The summed E-state index contributed by atoms with van der Waals surface area (Å²) in [5.41, 5.74) is 0.859. The number of nitrogens with zero attached hydrogens (tertiary/aromatic N) is 2. The molecule has 0 bridgehead atoms. The molecule has 10 heteroatoms. The molecule has 2 fully saturated rings. The number of furan rings is 1. The number of hydrogen-bond acceptors (Lipinski definition) is 7. The molecule has 3 N–H and O–H groups in total. The van der Waals surface area contributed by atoms with Crippen molar-refractivity contribution in [2.24, 2.45) is 0 Å². The highest BCUT2D eigenvalue weighted by atomic mass is 16.5. The van der Waals surface area contributed by atoms with Crippen LogP contribution in [-0.2, 0) is 16.9 Å². The van der Waals surface area contributed by atoms with Crippen molar-refractivity contribution >= 4 is 23.9 Å². The quantitative estimate of drug-likeness (QED) is 0.557. The Morgan fingerprint density at radius 3 is 2.74 bits per heavy atom. The lowest BCUT2D eigenvalue weighted by atomic mass is 9.92. The highest BCUT2D eigenvalue weighted by Gasteiger charge is 2.53. The Kier molecular flexibility index (Phi) is 5.15. The largest absolute Gasteiger partial charge is 0.497 e. The molecular weight excluding hydrogens is 450 g/mol. The first-order valence-electron chi connectivity index (χ1n) is 11.8. The normalized spacial score (nSPS) is 25.9. The summed E-state index contributed by atoms with van der Waals surface area (Å²) in [5.74, 6) is 0.854. The second-order valence-electron chi connectivity index (χ2n) is 9.37. The van der Waals surface area contributed by atoms with Crippen LogP contribution in [0.15, 0.2) is 34.8 Å². The molecule has 1 aliphatic carbocycles. The summed E-state index contributed by atoms with van der Waals surface area (Å²) >= 11 is 0. The minimum atomic E-state index is -1.52. The van der Waals surface area contributed by atoms with Crippen LogP contribution in [0.2, 0.25) is 0 Å². The van der Waals surface area contributed by atoms with Gasteiger partial charge in [0.05, 0.1) is 13.7 Å². The predicted molar refractivity (Wildman–Crippen MR) is 126 cm³/mol. The Labute approximate surface area is 202 Å². The van der Waals surface area contributed by atoms with Gasteiger partial charge in [-0.1, -0.05) is 12.1 Å². The topological polar surface area (TPSA) is 116 Å². The Bertz CT molecular complexity index is 1250. The van der Waals surface area contributed by atoms with Crippen molar-refractivity contribution in [1.29, 1.82) is 0 Å². The maximum absolute atomic E-state index is 13.2. The van der Waals surface area contributed by atoms with Gasteiger partial charge in [0.15, 0.2) is 5.54 Å². The fraction of sp³-hybridized carbons (Fsp3) is 0.400. The van der Waals surface area contributed by atoms with Gasteiger partial charge in [0, 0.05) is 49.9 Å². The molecule has 2 saturated heterocycles. The number of piperazine rings is 1. The van der Waals surface area contributed by atoms with Gasteiger partial charge in [0.1, 0.15) is 17.3 Å². The lowest BCUT2D eigenvalue weighted by molar-refractivity contribution is -0.125. The zero-order valence-corrected chi connectivity index (χ0v) is 19.4. The molecule has 4 heterocycles. The molecule has 182 valence electrons. The van der Waals surface area contributed by atoms with Crippen LogP contribution in [0.1, 0.15) is 45.5 Å². The molecule has 4 amide bonds. The highest BCUT2D eigenvalue weighted by Crippen LogP contribution is 2.40. The summed E-state index contributed by atoms with van der Waals surface area (Å²) in [7, 11) is 1.55. The highest BCUT2D eigenvalue weighted by molar-refractivity contribution is 6.08. The third-order valence-electron chi connectivity index (χ3n) is 7.36. The van der Waals surface area contributed by atoms with E-state index in [0.29, 0.717) is 29.4 Å². The lowest BCUT2D eigenvalue weighted by Crippen LogP contribution is -2.52. The van der Waals surface area contributed by atoms with Crippen LogP contribution in [-0.4, -0.2) is 67.5 Å². The van der Waals surface area contributed by atoms with E-state index in [9.17, 15) is 14.4 Å². The van der Waals surface area contributed by atoms with Gasteiger partial charge in [-0.2, -0.15) is 0 Å². The van der Waals surface area contributed by atoms with Gasteiger partial charge in [-0.25, -0.2) is 4.79 Å². The second-order valence-corrected chi connectivity index (χ2v) is 9.37. The van der Waals surface area contributed by atoms with Gasteiger partial charge in [-0.3, -0.25) is 19.8 Å². The number of imide groups is 1. The molecule has 2 aromatic rings. The van der Waals surface area contributed by atoms with Gasteiger partial charge < -0.3 is 24.7 Å². The summed E-state index contributed by atoms with van der Waals surface area (Å²) in [6, 6.07) is 6.76. The Morgan fingerprint density at radius 2 is 2.00 bits per heavy atom. The number of benzene rings is 1. The van der Waals surface area contributed by atoms with Crippen molar-refractivity contribution in [3.63, 3.8) is 0 Å². The fourth-order valence-corrected chi connectivity index (χ4v) is 5.53. The van der Waals surface area contributed by atoms with E-state index in [1.165, 1.54) is 0 Å². The fourth-order valence-electron chi connectivity index (χ4n) is 5.53. The number of carbonyl (C=O) groups excluding carboxylic acids is 3. The molecule has 0 spiro atoms. The summed E-state index contributed by atoms with van der Waals surface area (Å²) in [5, 5.41) is 8.49. The monoisotopic (exact) mass is 477 g/mol. The van der Waals surface area contributed by atoms with E-state index in [1.807, 2.05) is 18.2 Å². The number of amides is 4. The summed E-state index contributed by atoms with van der Waals surface area (Å²) in [6.45, 7) is 3.97. The van der Waals surface area contributed by atoms with Crippen LogP contribution in [0.25, 0.3) is 6.08 Å². The molecule has 4 aliphatic rings. The zero-order valence-electron chi connectivity index (χ0n) is 19.4. The van der Waals surface area contributed by atoms with Crippen molar-refractivity contribution in [3.8, 4) is 5.75 Å². The number of urea groups is 1. The van der Waals surface area contributed by atoms with Crippen molar-refractivity contribution < 1.29 is 23.5 Å². The Morgan fingerprint density at radius 1 is 1.17 bits per heavy atom. The van der Waals surface area contributed by atoms with Crippen LogP contribution < -0.4 is 20.7 Å². The van der Waals surface area contributed by atoms with Crippen LogP contribution in [0, 0.1) is 0 Å². The van der Waals surface area contributed by atoms with E-state index in [4.69, 9.17) is 9.15 Å². The Hall–Kier alpha value is -3.63. The number of hydrogen-bond donors (Lipinski definition) is 3. The molecule has 3 aliphatic heterocycles. The smallest absolute Gasteiger partial charge is 0.322 e. The number of fused-ring (bicyclic) bond motifs is 2. The predicted octanol–water partition coefficient (Wildman–Crippen LogP) is 1.34. The van der Waals surface area contributed by atoms with Crippen LogP contribution in [0.3, 0.4) is 0 Å². The second kappa shape index (κ2) is 8.24. The third-order valence-corrected chi connectivity index (χ3v) is 7.36. The first-order chi connectivity index (χ1) is 17.0. The average molecular weight is 478 g/mol. The number of rotatable bonds is 5. The van der Waals surface area contributed by atoms with E-state index in [1.54, 1.807) is 24.1 Å². The molecule has 1 aromatic heterocycles. The maximum atomic E-state index is 13.2. The minimum Gasteiger partial charge on any atom is -0.497 e. The Balaban J connectivity index is 1.35. The van der Waals surface area contributed by atoms with E-state index in [0.717, 1.165) is 43.7 Å². The van der Waals surface area contributed by atoms with Gasteiger partial charge in [-0.05, 0) is 36.3 Å². The third kappa shape index (κ3) is 3.52.